The van der Waals surface area contributed by atoms with E-state index in [0.717, 1.165) is 25.9 Å². The number of nitrogens with zero attached hydrogens (tertiary/aromatic N) is 1. The Morgan fingerprint density at radius 3 is 2.59 bits per heavy atom. The summed E-state index contributed by atoms with van der Waals surface area (Å²) in [7, 11) is 0. The zero-order valence-corrected chi connectivity index (χ0v) is 15.7. The van der Waals surface area contributed by atoms with Gasteiger partial charge in [0.25, 0.3) is 5.72 Å². The molecule has 0 aromatic heterocycles. The van der Waals surface area contributed by atoms with Crippen molar-refractivity contribution in [1.82, 2.24) is 4.90 Å². The molecule has 0 spiro atoms. The van der Waals surface area contributed by atoms with Gasteiger partial charge in [-0.1, -0.05) is 18.2 Å². The van der Waals surface area contributed by atoms with E-state index in [1.807, 2.05) is 0 Å². The van der Waals surface area contributed by atoms with Crippen LogP contribution in [0.1, 0.15) is 28.8 Å². The number of aromatic carboxylic acids is 1. The van der Waals surface area contributed by atoms with Gasteiger partial charge in [0.1, 0.15) is 11.4 Å². The van der Waals surface area contributed by atoms with E-state index in [1.165, 1.54) is 24.3 Å². The molecule has 4 heterocycles. The average Bonchev–Trinajstić information content (AvgIpc) is 3.14. The summed E-state index contributed by atoms with van der Waals surface area (Å²) in [4.78, 5) is 27.8. The first-order valence-electron chi connectivity index (χ1n) is 9.84. The average molecular weight is 396 g/mol. The molecule has 7 heteroatoms. The number of rotatable bonds is 4. The second-order valence-electron chi connectivity index (χ2n) is 8.01. The van der Waals surface area contributed by atoms with Gasteiger partial charge in [0.2, 0.25) is 5.78 Å². The molecule has 0 radical (unpaired) electrons. The summed E-state index contributed by atoms with van der Waals surface area (Å²) in [5, 5.41) is 12.7. The number of halogens is 1. The van der Waals surface area contributed by atoms with Crippen LogP contribution in [-0.4, -0.2) is 41.4 Å². The maximum atomic E-state index is 14.1. The highest BCUT2D eigenvalue weighted by atomic mass is 19.1. The number of carbonyl (C=O) groups excluding carboxylic acids is 1. The number of nitrogens with one attached hydrogen (secondary N) is 1. The molecule has 29 heavy (non-hydrogen) atoms. The Morgan fingerprint density at radius 2 is 1.93 bits per heavy atom. The first-order chi connectivity index (χ1) is 14.0. The minimum atomic E-state index is -1.64. The summed E-state index contributed by atoms with van der Waals surface area (Å²) >= 11 is 0. The van der Waals surface area contributed by atoms with Crippen LogP contribution >= 0.6 is 0 Å². The van der Waals surface area contributed by atoms with E-state index in [-0.39, 0.29) is 28.9 Å². The zero-order chi connectivity index (χ0) is 20.2. The Morgan fingerprint density at radius 1 is 1.17 bits per heavy atom. The maximum Gasteiger partial charge on any atom is 0.339 e. The molecular formula is C22H21FN2O4. The van der Waals surface area contributed by atoms with Crippen molar-refractivity contribution < 1.29 is 23.8 Å². The largest absolute Gasteiger partial charge is 0.478 e. The van der Waals surface area contributed by atoms with Gasteiger partial charge < -0.3 is 20.1 Å². The Balaban J connectivity index is 1.61. The first-order valence-corrected chi connectivity index (χ1v) is 9.84. The molecule has 2 N–H and O–H groups in total. The molecular weight excluding hydrogens is 375 g/mol. The molecule has 2 aromatic carbocycles. The lowest BCUT2D eigenvalue weighted by molar-refractivity contribution is -0.142. The number of benzene rings is 2. The number of piperidine rings is 3. The van der Waals surface area contributed by atoms with Crippen molar-refractivity contribution >= 4 is 17.4 Å². The summed E-state index contributed by atoms with van der Waals surface area (Å²) in [6.07, 6.45) is 1.89. The minimum Gasteiger partial charge on any atom is -0.478 e. The second-order valence-corrected chi connectivity index (χ2v) is 8.01. The highest BCUT2D eigenvalue weighted by molar-refractivity contribution is 5.99. The lowest BCUT2D eigenvalue weighted by Crippen LogP contribution is -2.57. The third-order valence-electron chi connectivity index (χ3n) is 6.38. The number of carboxylic acid groups (broad SMARTS) is 1. The van der Waals surface area contributed by atoms with E-state index in [0.29, 0.717) is 17.8 Å². The number of para-hydroxylation sites is 1. The number of hydrogen-bond donors (Lipinski definition) is 2. The number of fused-ring (bicyclic) bond motifs is 4. The quantitative estimate of drug-likeness (QED) is 0.827. The van der Waals surface area contributed by atoms with Gasteiger partial charge in [-0.3, -0.25) is 4.79 Å². The molecule has 150 valence electrons. The van der Waals surface area contributed by atoms with Gasteiger partial charge in [-0.2, -0.15) is 0 Å². The maximum absolute atomic E-state index is 14.1. The third kappa shape index (κ3) is 2.80. The van der Waals surface area contributed by atoms with Crippen molar-refractivity contribution in [3.8, 4) is 5.75 Å². The van der Waals surface area contributed by atoms with Gasteiger partial charge in [-0.15, -0.1) is 0 Å². The predicted octanol–water partition coefficient (Wildman–Crippen LogP) is 3.09. The molecule has 6 nitrogen and oxygen atoms in total. The van der Waals surface area contributed by atoms with E-state index in [9.17, 15) is 19.1 Å². The fourth-order valence-electron chi connectivity index (χ4n) is 4.90. The van der Waals surface area contributed by atoms with Crippen molar-refractivity contribution in [3.05, 3.63) is 59.4 Å². The molecule has 0 aliphatic carbocycles. The highest BCUT2D eigenvalue weighted by Crippen LogP contribution is 2.47. The van der Waals surface area contributed by atoms with Gasteiger partial charge in [0.15, 0.2) is 5.75 Å². The summed E-state index contributed by atoms with van der Waals surface area (Å²) in [5.74, 6) is -1.69. The van der Waals surface area contributed by atoms with Crippen molar-refractivity contribution in [1.29, 1.82) is 0 Å². The van der Waals surface area contributed by atoms with Crippen molar-refractivity contribution in [3.63, 3.8) is 0 Å². The van der Waals surface area contributed by atoms with Crippen molar-refractivity contribution in [2.45, 2.75) is 18.6 Å². The van der Waals surface area contributed by atoms with E-state index < -0.39 is 17.5 Å². The monoisotopic (exact) mass is 396 g/mol. The summed E-state index contributed by atoms with van der Waals surface area (Å²) in [6, 6.07) is 10.5. The first kappa shape index (κ1) is 18.1. The van der Waals surface area contributed by atoms with Gasteiger partial charge in [0, 0.05) is 18.0 Å². The van der Waals surface area contributed by atoms with Crippen LogP contribution in [0.25, 0.3) is 0 Å². The van der Waals surface area contributed by atoms with E-state index in [2.05, 4.69) is 10.2 Å². The van der Waals surface area contributed by atoms with Crippen molar-refractivity contribution in [2.75, 3.05) is 25.0 Å². The lowest BCUT2D eigenvalue weighted by atomic mass is 9.73. The van der Waals surface area contributed by atoms with Crippen LogP contribution in [0, 0.1) is 17.7 Å². The van der Waals surface area contributed by atoms with Gasteiger partial charge >= 0.3 is 5.97 Å². The highest BCUT2D eigenvalue weighted by Gasteiger charge is 2.54. The number of anilines is 1. The van der Waals surface area contributed by atoms with E-state index in [1.54, 1.807) is 18.2 Å². The van der Waals surface area contributed by atoms with Gasteiger partial charge in [-0.25, -0.2) is 9.18 Å². The number of hydrogen-bond acceptors (Lipinski definition) is 5. The third-order valence-corrected chi connectivity index (χ3v) is 6.38. The van der Waals surface area contributed by atoms with Crippen LogP contribution in [0.2, 0.25) is 0 Å². The SMILES string of the molecule is O=C(O)c1cccc2c1OC(C(=O)[C@H]1CN3CCC1CC3)(c1cccc(F)c1)N2. The predicted molar refractivity (Wildman–Crippen MR) is 103 cm³/mol. The Labute approximate surface area is 167 Å². The molecule has 3 fully saturated rings. The number of ketones is 1. The molecule has 0 saturated carbocycles. The van der Waals surface area contributed by atoms with Crippen LogP contribution in [0.15, 0.2) is 42.5 Å². The Kier molecular flexibility index (Phi) is 4.10. The Hall–Kier alpha value is -2.93. The van der Waals surface area contributed by atoms with Gasteiger partial charge in [-0.05, 0) is 56.1 Å². The molecule has 2 atom stereocenters. The molecule has 3 saturated heterocycles. The number of ether oxygens (including phenoxy) is 1. The minimum absolute atomic E-state index is 0.0324. The normalized spacial score (nSPS) is 29.6. The van der Waals surface area contributed by atoms with E-state index >= 15 is 0 Å². The fraction of sp³-hybridized carbons (Fsp3) is 0.364. The van der Waals surface area contributed by atoms with Crippen LogP contribution in [0.3, 0.4) is 0 Å². The van der Waals surface area contributed by atoms with Crippen LogP contribution in [0.5, 0.6) is 5.75 Å². The molecule has 0 amide bonds. The van der Waals surface area contributed by atoms with Crippen LogP contribution in [0.4, 0.5) is 10.1 Å². The molecule has 4 aliphatic heterocycles. The van der Waals surface area contributed by atoms with E-state index in [4.69, 9.17) is 4.74 Å². The summed E-state index contributed by atoms with van der Waals surface area (Å²) < 4.78 is 20.2. The second kappa shape index (κ2) is 6.56. The zero-order valence-electron chi connectivity index (χ0n) is 15.7. The molecule has 4 aliphatic rings. The Bertz CT molecular complexity index is 1000. The smallest absolute Gasteiger partial charge is 0.339 e. The molecule has 1 unspecified atom stereocenters. The number of carboxylic acids is 1. The fourth-order valence-corrected chi connectivity index (χ4v) is 4.90. The van der Waals surface area contributed by atoms with Crippen LogP contribution in [-0.2, 0) is 10.5 Å². The van der Waals surface area contributed by atoms with Crippen LogP contribution < -0.4 is 10.1 Å². The number of carbonyl (C=O) groups is 2. The summed E-state index contributed by atoms with van der Waals surface area (Å²) in [5.41, 5.74) is -0.913. The standard InChI is InChI=1S/C22H21FN2O4/c23-15-4-1-3-14(11-15)22(20(26)17-12-25-9-7-13(17)8-10-25)24-18-6-2-5-16(21(27)28)19(18)29-22/h1-6,11,13,17,24H,7-10,12H2,(H,27,28)/t17-,22?/m0/s1. The van der Waals surface area contributed by atoms with Crippen molar-refractivity contribution in [2.24, 2.45) is 11.8 Å². The molecule has 2 aromatic rings. The summed E-state index contributed by atoms with van der Waals surface area (Å²) in [6.45, 7) is 2.62. The lowest BCUT2D eigenvalue weighted by Gasteiger charge is -2.46. The van der Waals surface area contributed by atoms with Gasteiger partial charge in [0.05, 0.1) is 5.69 Å². The molecule has 6 rings (SSSR count). The number of Topliss-reactive ketones (excluding diaryl/α,β-unsaturated/α-hetero) is 1. The molecule has 2 bridgehead atoms. The topological polar surface area (TPSA) is 78.9 Å².